The van der Waals surface area contributed by atoms with E-state index in [9.17, 15) is 4.79 Å². The molecule has 1 saturated heterocycles. The topological polar surface area (TPSA) is 59.0 Å². The third-order valence-corrected chi connectivity index (χ3v) is 3.75. The average molecular weight is 406 g/mol. The van der Waals surface area contributed by atoms with Crippen LogP contribution in [0.1, 0.15) is 33.6 Å². The molecular formula is C19H29Cl2NO4. The molecule has 0 aromatic heterocycles. The average Bonchev–Trinajstić information content (AvgIpc) is 3.11. The van der Waals surface area contributed by atoms with Gasteiger partial charge < -0.3 is 19.5 Å². The Morgan fingerprint density at radius 3 is 2.19 bits per heavy atom. The Balaban J connectivity index is 0.000000405. The van der Waals surface area contributed by atoms with E-state index in [4.69, 9.17) is 37.8 Å². The van der Waals surface area contributed by atoms with Gasteiger partial charge in [-0.3, -0.25) is 0 Å². The molecule has 0 unspecified atom stereocenters. The maximum atomic E-state index is 11.4. The smallest absolute Gasteiger partial charge is 0.410 e. The summed E-state index contributed by atoms with van der Waals surface area (Å²) in [5.41, 5.74) is -0.361. The molecule has 1 aromatic carbocycles. The standard InChI is InChI=1S/C9H17NO2.C7H6Cl2O.C3H6O/c1-9(2,3)12-8(11)10-6-4-5-7-10;1-10-5-2-3-6(8)7(9)4-5;1-2-3-4/h4-7H2,1-3H3;2-4H,1H3;2,4H,1,3H2. The van der Waals surface area contributed by atoms with Crippen molar-refractivity contribution in [2.24, 2.45) is 0 Å². The number of likely N-dealkylation sites (tertiary alicyclic amines) is 1. The molecule has 1 aromatic rings. The van der Waals surface area contributed by atoms with Gasteiger partial charge >= 0.3 is 6.09 Å². The molecule has 1 amide bonds. The number of carbonyl (C=O) groups excluding carboxylic acids is 1. The Morgan fingerprint density at radius 1 is 1.27 bits per heavy atom. The molecule has 1 fully saturated rings. The fraction of sp³-hybridized carbons (Fsp3) is 0.526. The fourth-order valence-electron chi connectivity index (χ4n) is 1.83. The number of halogens is 2. The first-order valence-electron chi connectivity index (χ1n) is 8.33. The summed E-state index contributed by atoms with van der Waals surface area (Å²) in [6.45, 7) is 10.7. The van der Waals surface area contributed by atoms with Gasteiger partial charge in [0.15, 0.2) is 0 Å². The van der Waals surface area contributed by atoms with E-state index >= 15 is 0 Å². The molecule has 0 spiro atoms. The molecule has 7 heteroatoms. The van der Waals surface area contributed by atoms with E-state index in [1.807, 2.05) is 20.8 Å². The predicted molar refractivity (Wildman–Crippen MR) is 107 cm³/mol. The lowest BCUT2D eigenvalue weighted by molar-refractivity contribution is 0.0295. The third-order valence-electron chi connectivity index (χ3n) is 3.01. The van der Waals surface area contributed by atoms with Crippen molar-refractivity contribution in [3.05, 3.63) is 40.9 Å². The van der Waals surface area contributed by atoms with Gasteiger partial charge in [-0.2, -0.15) is 0 Å². The Bertz CT molecular complexity index is 553. The van der Waals surface area contributed by atoms with Gasteiger partial charge in [0, 0.05) is 19.2 Å². The van der Waals surface area contributed by atoms with Crippen molar-refractivity contribution < 1.29 is 19.4 Å². The second kappa shape index (κ2) is 12.8. The second-order valence-electron chi connectivity index (χ2n) is 6.43. The van der Waals surface area contributed by atoms with Crippen LogP contribution in [-0.2, 0) is 4.74 Å². The Labute approximate surface area is 166 Å². The summed E-state index contributed by atoms with van der Waals surface area (Å²) in [6.07, 6.45) is 3.48. The van der Waals surface area contributed by atoms with Crippen molar-refractivity contribution in [1.29, 1.82) is 0 Å². The van der Waals surface area contributed by atoms with Crippen molar-refractivity contribution in [3.8, 4) is 5.75 Å². The van der Waals surface area contributed by atoms with Gasteiger partial charge in [-0.15, -0.1) is 6.58 Å². The molecule has 1 aliphatic heterocycles. The molecule has 26 heavy (non-hydrogen) atoms. The number of aliphatic hydroxyl groups excluding tert-OH is 1. The van der Waals surface area contributed by atoms with Crippen LogP contribution in [0.3, 0.4) is 0 Å². The summed E-state index contributed by atoms with van der Waals surface area (Å²) in [6, 6.07) is 5.13. The van der Waals surface area contributed by atoms with Crippen molar-refractivity contribution in [2.75, 3.05) is 26.8 Å². The van der Waals surface area contributed by atoms with Crippen LogP contribution in [0.4, 0.5) is 4.79 Å². The molecule has 2 rings (SSSR count). The summed E-state index contributed by atoms with van der Waals surface area (Å²) in [5, 5.41) is 8.82. The van der Waals surface area contributed by atoms with E-state index in [-0.39, 0.29) is 18.3 Å². The minimum absolute atomic E-state index is 0.0833. The first-order chi connectivity index (χ1) is 12.1. The summed E-state index contributed by atoms with van der Waals surface area (Å²) in [5.74, 6) is 0.717. The molecule has 1 heterocycles. The highest BCUT2D eigenvalue weighted by atomic mass is 35.5. The lowest BCUT2D eigenvalue weighted by Gasteiger charge is -2.23. The van der Waals surface area contributed by atoms with Crippen LogP contribution in [0.5, 0.6) is 5.75 Å². The van der Waals surface area contributed by atoms with E-state index < -0.39 is 0 Å². The Morgan fingerprint density at radius 2 is 1.81 bits per heavy atom. The summed E-state index contributed by atoms with van der Waals surface area (Å²) >= 11 is 11.3. The number of methoxy groups -OCH3 is 1. The SMILES string of the molecule is C=CCO.CC(C)(C)OC(=O)N1CCCC1.COc1ccc(Cl)c(Cl)c1. The van der Waals surface area contributed by atoms with Crippen LogP contribution in [-0.4, -0.2) is 48.5 Å². The van der Waals surface area contributed by atoms with Crippen LogP contribution in [0.2, 0.25) is 10.0 Å². The maximum Gasteiger partial charge on any atom is 0.410 e. The minimum atomic E-state index is -0.361. The number of hydrogen-bond donors (Lipinski definition) is 1. The fourth-order valence-corrected chi connectivity index (χ4v) is 2.12. The quantitative estimate of drug-likeness (QED) is 0.688. The predicted octanol–water partition coefficient (Wildman–Crippen LogP) is 5.18. The van der Waals surface area contributed by atoms with Gasteiger partial charge in [-0.25, -0.2) is 4.79 Å². The molecule has 0 saturated carbocycles. The van der Waals surface area contributed by atoms with Crippen molar-refractivity contribution in [1.82, 2.24) is 4.90 Å². The molecule has 5 nitrogen and oxygen atoms in total. The minimum Gasteiger partial charge on any atom is -0.497 e. The van der Waals surface area contributed by atoms with Crippen molar-refractivity contribution >= 4 is 29.3 Å². The first kappa shape index (κ1) is 24.6. The zero-order valence-electron chi connectivity index (χ0n) is 15.9. The first-order valence-corrected chi connectivity index (χ1v) is 9.09. The molecule has 0 bridgehead atoms. The zero-order chi connectivity index (χ0) is 20.2. The van der Waals surface area contributed by atoms with E-state index in [0.717, 1.165) is 31.7 Å². The van der Waals surface area contributed by atoms with E-state index in [2.05, 4.69) is 6.58 Å². The van der Waals surface area contributed by atoms with Gasteiger partial charge in [-0.05, 0) is 45.7 Å². The highest BCUT2D eigenvalue weighted by Gasteiger charge is 2.23. The van der Waals surface area contributed by atoms with Gasteiger partial charge in [0.05, 0.1) is 23.8 Å². The number of nitrogens with zero attached hydrogens (tertiary/aromatic N) is 1. The number of amides is 1. The lowest BCUT2D eigenvalue weighted by Crippen LogP contribution is -2.34. The molecule has 0 aliphatic carbocycles. The molecule has 0 radical (unpaired) electrons. The number of benzene rings is 1. The van der Waals surface area contributed by atoms with Gasteiger partial charge in [-0.1, -0.05) is 29.3 Å². The molecule has 148 valence electrons. The summed E-state index contributed by atoms with van der Waals surface area (Å²) in [4.78, 5) is 13.1. The Hall–Kier alpha value is -1.43. The van der Waals surface area contributed by atoms with Crippen molar-refractivity contribution in [2.45, 2.75) is 39.2 Å². The van der Waals surface area contributed by atoms with Crippen LogP contribution < -0.4 is 4.74 Å². The lowest BCUT2D eigenvalue weighted by atomic mass is 10.2. The zero-order valence-corrected chi connectivity index (χ0v) is 17.4. The van der Waals surface area contributed by atoms with Crippen LogP contribution in [0.25, 0.3) is 0 Å². The highest BCUT2D eigenvalue weighted by Crippen LogP contribution is 2.25. The van der Waals surface area contributed by atoms with Crippen LogP contribution >= 0.6 is 23.2 Å². The molecule has 0 atom stereocenters. The van der Waals surface area contributed by atoms with Crippen molar-refractivity contribution in [3.63, 3.8) is 0 Å². The van der Waals surface area contributed by atoms with Crippen LogP contribution in [0, 0.1) is 0 Å². The van der Waals surface area contributed by atoms with Gasteiger partial charge in [0.2, 0.25) is 0 Å². The maximum absolute atomic E-state index is 11.4. The van der Waals surface area contributed by atoms with Gasteiger partial charge in [0.25, 0.3) is 0 Å². The van der Waals surface area contributed by atoms with Gasteiger partial charge in [0.1, 0.15) is 11.4 Å². The van der Waals surface area contributed by atoms with Crippen LogP contribution in [0.15, 0.2) is 30.9 Å². The largest absolute Gasteiger partial charge is 0.497 e. The second-order valence-corrected chi connectivity index (χ2v) is 7.24. The van der Waals surface area contributed by atoms with E-state index in [1.54, 1.807) is 30.2 Å². The molecule has 1 aliphatic rings. The number of carbonyl (C=O) groups is 1. The Kier molecular flexibility index (Phi) is 12.1. The van der Waals surface area contributed by atoms with E-state index in [0.29, 0.717) is 10.0 Å². The highest BCUT2D eigenvalue weighted by molar-refractivity contribution is 6.42. The monoisotopic (exact) mass is 405 g/mol. The normalized spacial score (nSPS) is 13.0. The summed E-state index contributed by atoms with van der Waals surface area (Å²) < 4.78 is 10.1. The molecule has 1 N–H and O–H groups in total. The number of aliphatic hydroxyl groups is 1. The molecular weight excluding hydrogens is 377 g/mol. The number of rotatable bonds is 2. The number of ether oxygens (including phenoxy) is 2. The number of hydrogen-bond acceptors (Lipinski definition) is 4. The summed E-state index contributed by atoms with van der Waals surface area (Å²) in [7, 11) is 1.58. The van der Waals surface area contributed by atoms with E-state index in [1.165, 1.54) is 6.08 Å². The third kappa shape index (κ3) is 11.2.